The van der Waals surface area contributed by atoms with Crippen LogP contribution in [0.15, 0.2) is 42.7 Å². The summed E-state index contributed by atoms with van der Waals surface area (Å²) in [5.41, 5.74) is 2.38. The fraction of sp³-hybridized carbons (Fsp3) is 0.357. The van der Waals surface area contributed by atoms with Crippen molar-refractivity contribution in [2.75, 3.05) is 7.05 Å². The van der Waals surface area contributed by atoms with Gasteiger partial charge in [-0.2, -0.15) is 5.10 Å². The zero-order valence-electron chi connectivity index (χ0n) is 10.6. The molecule has 0 aliphatic carbocycles. The van der Waals surface area contributed by atoms with Crippen LogP contribution in [0.5, 0.6) is 0 Å². The van der Waals surface area contributed by atoms with E-state index >= 15 is 0 Å². The minimum absolute atomic E-state index is 0.345. The molecule has 0 fully saturated rings. The molecule has 17 heavy (non-hydrogen) atoms. The molecule has 0 saturated heterocycles. The second-order valence-corrected chi connectivity index (χ2v) is 4.39. The highest BCUT2D eigenvalue weighted by Gasteiger charge is 2.13. The van der Waals surface area contributed by atoms with Gasteiger partial charge in [0.2, 0.25) is 0 Å². The summed E-state index contributed by atoms with van der Waals surface area (Å²) in [4.78, 5) is 0. The van der Waals surface area contributed by atoms with Gasteiger partial charge in [-0.25, -0.2) is 0 Å². The van der Waals surface area contributed by atoms with Crippen LogP contribution >= 0.6 is 0 Å². The third-order valence-corrected chi connectivity index (χ3v) is 3.30. The molecule has 0 amide bonds. The van der Waals surface area contributed by atoms with Crippen molar-refractivity contribution in [3.63, 3.8) is 0 Å². The van der Waals surface area contributed by atoms with Gasteiger partial charge in [-0.1, -0.05) is 30.3 Å². The number of hydrogen-bond acceptors (Lipinski definition) is 2. The Hall–Kier alpha value is -1.61. The van der Waals surface area contributed by atoms with Crippen LogP contribution < -0.4 is 5.32 Å². The third-order valence-electron chi connectivity index (χ3n) is 3.30. The van der Waals surface area contributed by atoms with Crippen LogP contribution in [0.4, 0.5) is 0 Å². The highest BCUT2D eigenvalue weighted by molar-refractivity contribution is 5.61. The lowest BCUT2D eigenvalue weighted by atomic mass is 10.1. The zero-order chi connectivity index (χ0) is 12.3. The van der Waals surface area contributed by atoms with Gasteiger partial charge in [0.05, 0.1) is 12.2 Å². The molecule has 0 saturated carbocycles. The van der Waals surface area contributed by atoms with E-state index in [0.29, 0.717) is 12.1 Å². The Bertz CT molecular complexity index is 461. The Morgan fingerprint density at radius 3 is 2.47 bits per heavy atom. The average molecular weight is 229 g/mol. The molecular weight excluding hydrogens is 210 g/mol. The first kappa shape index (κ1) is 11.9. The van der Waals surface area contributed by atoms with E-state index < -0.39 is 0 Å². The molecule has 2 rings (SSSR count). The summed E-state index contributed by atoms with van der Waals surface area (Å²) in [5, 5.41) is 7.69. The first-order valence-electron chi connectivity index (χ1n) is 5.99. The topological polar surface area (TPSA) is 29.9 Å². The van der Waals surface area contributed by atoms with E-state index in [1.165, 1.54) is 11.1 Å². The van der Waals surface area contributed by atoms with Crippen LogP contribution in [0, 0.1) is 0 Å². The summed E-state index contributed by atoms with van der Waals surface area (Å²) in [5.74, 6) is 0. The Kier molecular flexibility index (Phi) is 3.59. The molecule has 2 atom stereocenters. The van der Waals surface area contributed by atoms with E-state index in [-0.39, 0.29) is 0 Å². The van der Waals surface area contributed by atoms with E-state index in [9.17, 15) is 0 Å². The van der Waals surface area contributed by atoms with Crippen molar-refractivity contribution in [1.29, 1.82) is 0 Å². The molecule has 1 heterocycles. The van der Waals surface area contributed by atoms with E-state index in [4.69, 9.17) is 0 Å². The van der Waals surface area contributed by atoms with Crippen molar-refractivity contribution >= 4 is 0 Å². The van der Waals surface area contributed by atoms with E-state index in [0.717, 1.165) is 0 Å². The summed E-state index contributed by atoms with van der Waals surface area (Å²) >= 11 is 0. The van der Waals surface area contributed by atoms with Gasteiger partial charge in [0.15, 0.2) is 0 Å². The average Bonchev–Trinajstić information content (AvgIpc) is 2.87. The summed E-state index contributed by atoms with van der Waals surface area (Å²) < 4.78 is 2.02. The van der Waals surface area contributed by atoms with Crippen LogP contribution in [0.1, 0.15) is 19.9 Å². The lowest BCUT2D eigenvalue weighted by Gasteiger charge is -2.19. The number of rotatable bonds is 4. The predicted octanol–water partition coefficient (Wildman–Crippen LogP) is 2.72. The molecule has 3 heteroatoms. The monoisotopic (exact) mass is 229 g/mol. The van der Waals surface area contributed by atoms with Gasteiger partial charge < -0.3 is 5.32 Å². The van der Waals surface area contributed by atoms with Gasteiger partial charge in [0, 0.05) is 17.8 Å². The minimum Gasteiger partial charge on any atom is -0.315 e. The highest BCUT2D eigenvalue weighted by Crippen LogP contribution is 2.20. The largest absolute Gasteiger partial charge is 0.315 e. The maximum Gasteiger partial charge on any atom is 0.0641 e. The Morgan fingerprint density at radius 1 is 1.12 bits per heavy atom. The molecule has 1 aromatic carbocycles. The van der Waals surface area contributed by atoms with Gasteiger partial charge in [0.25, 0.3) is 0 Å². The standard InChI is InChI=1S/C14H19N3/c1-11(15-3)12(2)17-10-14(9-16-17)13-7-5-4-6-8-13/h4-12,15H,1-3H3. The summed E-state index contributed by atoms with van der Waals surface area (Å²) in [6.07, 6.45) is 4.03. The van der Waals surface area contributed by atoms with Crippen molar-refractivity contribution in [3.05, 3.63) is 42.7 Å². The number of hydrogen-bond donors (Lipinski definition) is 1. The van der Waals surface area contributed by atoms with Gasteiger partial charge in [0.1, 0.15) is 0 Å². The lowest BCUT2D eigenvalue weighted by molar-refractivity contribution is 0.384. The summed E-state index contributed by atoms with van der Waals surface area (Å²) in [7, 11) is 1.97. The van der Waals surface area contributed by atoms with Crippen molar-refractivity contribution in [3.8, 4) is 11.1 Å². The molecule has 2 aromatic rings. The smallest absolute Gasteiger partial charge is 0.0641 e. The molecule has 1 aromatic heterocycles. The van der Waals surface area contributed by atoms with Gasteiger partial charge in [-0.05, 0) is 26.5 Å². The predicted molar refractivity (Wildman–Crippen MR) is 70.9 cm³/mol. The second-order valence-electron chi connectivity index (χ2n) is 4.39. The SMILES string of the molecule is CNC(C)C(C)n1cc(-c2ccccc2)cn1. The first-order valence-corrected chi connectivity index (χ1v) is 5.99. The molecule has 3 nitrogen and oxygen atoms in total. The molecule has 2 unspecified atom stereocenters. The molecule has 0 spiro atoms. The van der Waals surface area contributed by atoms with Crippen molar-refractivity contribution < 1.29 is 0 Å². The molecule has 90 valence electrons. The van der Waals surface area contributed by atoms with Crippen LogP contribution in [-0.2, 0) is 0 Å². The van der Waals surface area contributed by atoms with Crippen LogP contribution in [0.2, 0.25) is 0 Å². The Labute approximate surface area is 102 Å². The fourth-order valence-electron chi connectivity index (χ4n) is 1.81. The fourth-order valence-corrected chi connectivity index (χ4v) is 1.81. The number of nitrogens with one attached hydrogen (secondary N) is 1. The molecular formula is C14H19N3. The number of benzene rings is 1. The van der Waals surface area contributed by atoms with Gasteiger partial charge in [-0.3, -0.25) is 4.68 Å². The lowest BCUT2D eigenvalue weighted by Crippen LogP contribution is -2.30. The molecule has 0 aliphatic rings. The quantitative estimate of drug-likeness (QED) is 0.873. The summed E-state index contributed by atoms with van der Waals surface area (Å²) in [6, 6.07) is 11.1. The van der Waals surface area contributed by atoms with E-state index in [2.05, 4.69) is 42.6 Å². The minimum atomic E-state index is 0.345. The molecule has 0 aliphatic heterocycles. The number of nitrogens with zero attached hydrogens (tertiary/aromatic N) is 2. The van der Waals surface area contributed by atoms with Crippen LogP contribution in [0.3, 0.4) is 0 Å². The van der Waals surface area contributed by atoms with Crippen molar-refractivity contribution in [2.45, 2.75) is 25.9 Å². The van der Waals surface area contributed by atoms with Gasteiger partial charge >= 0.3 is 0 Å². The maximum atomic E-state index is 4.44. The Morgan fingerprint density at radius 2 is 1.82 bits per heavy atom. The van der Waals surface area contributed by atoms with Crippen molar-refractivity contribution in [2.24, 2.45) is 0 Å². The highest BCUT2D eigenvalue weighted by atomic mass is 15.3. The van der Waals surface area contributed by atoms with Crippen LogP contribution in [-0.4, -0.2) is 22.9 Å². The van der Waals surface area contributed by atoms with Crippen LogP contribution in [0.25, 0.3) is 11.1 Å². The second kappa shape index (κ2) is 5.15. The zero-order valence-corrected chi connectivity index (χ0v) is 10.6. The number of likely N-dealkylation sites (N-methyl/N-ethyl adjacent to an activating group) is 1. The number of aromatic nitrogens is 2. The third kappa shape index (κ3) is 2.56. The normalized spacial score (nSPS) is 14.5. The molecule has 0 radical (unpaired) electrons. The van der Waals surface area contributed by atoms with E-state index in [1.54, 1.807) is 0 Å². The van der Waals surface area contributed by atoms with E-state index in [1.807, 2.05) is 36.1 Å². The van der Waals surface area contributed by atoms with Crippen molar-refractivity contribution in [1.82, 2.24) is 15.1 Å². The van der Waals surface area contributed by atoms with Gasteiger partial charge in [-0.15, -0.1) is 0 Å². The Balaban J connectivity index is 2.22. The molecule has 0 bridgehead atoms. The summed E-state index contributed by atoms with van der Waals surface area (Å²) in [6.45, 7) is 4.33. The maximum absolute atomic E-state index is 4.44. The first-order chi connectivity index (χ1) is 8.22. The molecule has 1 N–H and O–H groups in total.